The van der Waals surface area contributed by atoms with Crippen LogP contribution in [-0.2, 0) is 14.3 Å². The first-order chi connectivity index (χ1) is 12.3. The maximum atomic E-state index is 12.7. The van der Waals surface area contributed by atoms with E-state index in [-0.39, 0.29) is 18.0 Å². The maximum Gasteiger partial charge on any atom is 0.314 e. The molecule has 0 spiro atoms. The van der Waals surface area contributed by atoms with Crippen LogP contribution in [-0.4, -0.2) is 5.97 Å². The molecule has 132 valence electrons. The average molecular weight is 338 g/mol. The van der Waals surface area contributed by atoms with Gasteiger partial charge in [-0.25, -0.2) is 0 Å². The van der Waals surface area contributed by atoms with Gasteiger partial charge < -0.3 is 9.47 Å². The van der Waals surface area contributed by atoms with Gasteiger partial charge in [0.15, 0.2) is 0 Å². The zero-order chi connectivity index (χ0) is 17.5. The van der Waals surface area contributed by atoms with E-state index in [9.17, 15) is 4.79 Å². The zero-order valence-electron chi connectivity index (χ0n) is 14.8. The molecule has 3 heteroatoms. The minimum absolute atomic E-state index is 0.148. The van der Waals surface area contributed by atoms with Crippen molar-refractivity contribution in [1.29, 1.82) is 0 Å². The van der Waals surface area contributed by atoms with Crippen molar-refractivity contribution in [2.75, 3.05) is 0 Å². The van der Waals surface area contributed by atoms with Crippen molar-refractivity contribution in [2.24, 2.45) is 5.92 Å². The Labute approximate surface area is 150 Å². The average Bonchev–Trinajstić information content (AvgIpc) is 2.67. The van der Waals surface area contributed by atoms with Gasteiger partial charge in [0.05, 0.1) is 5.92 Å². The summed E-state index contributed by atoms with van der Waals surface area (Å²) < 4.78 is 11.9. The van der Waals surface area contributed by atoms with Gasteiger partial charge in [0.2, 0.25) is 6.29 Å². The van der Waals surface area contributed by atoms with Crippen LogP contribution in [0.5, 0.6) is 0 Å². The van der Waals surface area contributed by atoms with Crippen LogP contribution >= 0.6 is 0 Å². The molecular weight excluding hydrogens is 312 g/mol. The molecule has 0 aliphatic carbocycles. The number of unbranched alkanes of at least 4 members (excludes halogenated alkanes) is 3. The van der Waals surface area contributed by atoms with Crippen LogP contribution in [0.1, 0.15) is 62.5 Å². The second-order valence-electron chi connectivity index (χ2n) is 6.60. The topological polar surface area (TPSA) is 35.5 Å². The minimum Gasteiger partial charge on any atom is -0.431 e. The van der Waals surface area contributed by atoms with Crippen molar-refractivity contribution >= 4 is 5.97 Å². The van der Waals surface area contributed by atoms with Gasteiger partial charge in [-0.3, -0.25) is 4.79 Å². The van der Waals surface area contributed by atoms with Crippen molar-refractivity contribution in [1.82, 2.24) is 0 Å². The van der Waals surface area contributed by atoms with Crippen LogP contribution in [0.25, 0.3) is 0 Å². The maximum absolute atomic E-state index is 12.7. The molecule has 3 unspecified atom stereocenters. The van der Waals surface area contributed by atoms with Gasteiger partial charge >= 0.3 is 5.97 Å². The van der Waals surface area contributed by atoms with Crippen LogP contribution in [0.15, 0.2) is 60.7 Å². The largest absolute Gasteiger partial charge is 0.431 e. The fraction of sp³-hybridized carbons (Fsp3) is 0.409. The predicted octanol–water partition coefficient (Wildman–Crippen LogP) is 5.59. The third-order valence-corrected chi connectivity index (χ3v) is 4.73. The van der Waals surface area contributed by atoms with Gasteiger partial charge in [-0.15, -0.1) is 0 Å². The number of hydrogen-bond acceptors (Lipinski definition) is 3. The van der Waals surface area contributed by atoms with Gasteiger partial charge in [0, 0.05) is 5.56 Å². The Bertz CT molecular complexity index is 653. The number of ether oxygens (including phenoxy) is 2. The van der Waals surface area contributed by atoms with E-state index in [2.05, 4.69) is 6.92 Å². The highest BCUT2D eigenvalue weighted by Gasteiger charge is 2.40. The zero-order valence-corrected chi connectivity index (χ0v) is 14.8. The molecule has 1 saturated heterocycles. The Kier molecular flexibility index (Phi) is 6.24. The lowest BCUT2D eigenvalue weighted by molar-refractivity contribution is -0.236. The van der Waals surface area contributed by atoms with Gasteiger partial charge in [-0.1, -0.05) is 93.3 Å². The number of esters is 1. The Morgan fingerprint density at radius 2 is 1.48 bits per heavy atom. The van der Waals surface area contributed by atoms with Crippen LogP contribution in [0.4, 0.5) is 0 Å². The first-order valence-electron chi connectivity index (χ1n) is 9.25. The minimum atomic E-state index is -0.634. The summed E-state index contributed by atoms with van der Waals surface area (Å²) >= 11 is 0. The molecule has 25 heavy (non-hydrogen) atoms. The Morgan fingerprint density at radius 3 is 2.12 bits per heavy atom. The van der Waals surface area contributed by atoms with E-state index in [1.165, 1.54) is 12.8 Å². The molecule has 2 aromatic rings. The van der Waals surface area contributed by atoms with E-state index < -0.39 is 6.29 Å². The fourth-order valence-corrected chi connectivity index (χ4v) is 3.34. The summed E-state index contributed by atoms with van der Waals surface area (Å²) in [5, 5.41) is 0. The third-order valence-electron chi connectivity index (χ3n) is 4.73. The fourth-order valence-electron chi connectivity index (χ4n) is 3.34. The normalized spacial score (nSPS) is 23.2. The second-order valence-corrected chi connectivity index (χ2v) is 6.60. The summed E-state index contributed by atoms with van der Waals surface area (Å²) in [6, 6.07) is 19.7. The molecule has 0 amide bonds. The molecule has 1 heterocycles. The van der Waals surface area contributed by atoms with Crippen LogP contribution in [0, 0.1) is 5.92 Å². The van der Waals surface area contributed by atoms with E-state index >= 15 is 0 Å². The Morgan fingerprint density at radius 1 is 0.840 bits per heavy atom. The van der Waals surface area contributed by atoms with Gasteiger partial charge in [-0.05, 0) is 12.0 Å². The quantitative estimate of drug-likeness (QED) is 0.488. The number of cyclic esters (lactones) is 1. The molecular formula is C22H26O3. The van der Waals surface area contributed by atoms with Crippen molar-refractivity contribution < 1.29 is 14.3 Å². The molecule has 0 saturated carbocycles. The van der Waals surface area contributed by atoms with Gasteiger partial charge in [0.25, 0.3) is 0 Å². The first-order valence-corrected chi connectivity index (χ1v) is 9.25. The first kappa shape index (κ1) is 17.7. The summed E-state index contributed by atoms with van der Waals surface area (Å²) in [6.07, 6.45) is 4.47. The monoisotopic (exact) mass is 338 g/mol. The smallest absolute Gasteiger partial charge is 0.314 e. The molecule has 1 fully saturated rings. The molecule has 0 bridgehead atoms. The summed E-state index contributed by atoms with van der Waals surface area (Å²) in [5.41, 5.74) is 1.92. The molecule has 3 atom stereocenters. The van der Waals surface area contributed by atoms with Gasteiger partial charge in [0.1, 0.15) is 6.10 Å². The molecule has 0 N–H and O–H groups in total. The lowest BCUT2D eigenvalue weighted by atomic mass is 9.89. The highest BCUT2D eigenvalue weighted by atomic mass is 16.7. The number of benzene rings is 2. The SMILES string of the molecule is CCCCCCC1C(=O)OC(c2ccccc2)OC1c1ccccc1. The predicted molar refractivity (Wildman–Crippen MR) is 97.8 cm³/mol. The van der Waals surface area contributed by atoms with Crippen LogP contribution in [0.2, 0.25) is 0 Å². The molecule has 3 rings (SSSR count). The van der Waals surface area contributed by atoms with Crippen LogP contribution in [0.3, 0.4) is 0 Å². The van der Waals surface area contributed by atoms with E-state index in [0.717, 1.165) is 30.4 Å². The van der Waals surface area contributed by atoms with Crippen molar-refractivity contribution in [2.45, 2.75) is 51.4 Å². The highest BCUT2D eigenvalue weighted by Crippen LogP contribution is 2.41. The molecule has 1 aliphatic heterocycles. The van der Waals surface area contributed by atoms with Crippen molar-refractivity contribution in [3.05, 3.63) is 71.8 Å². The summed E-state index contributed by atoms with van der Waals surface area (Å²) in [5.74, 6) is -0.385. The van der Waals surface area contributed by atoms with Crippen molar-refractivity contribution in [3.8, 4) is 0 Å². The van der Waals surface area contributed by atoms with E-state index in [4.69, 9.17) is 9.47 Å². The standard InChI is InChI=1S/C22H26O3/c1-2-3-4-11-16-19-20(17-12-7-5-8-13-17)24-22(25-21(19)23)18-14-9-6-10-15-18/h5-10,12-15,19-20,22H,2-4,11,16H2,1H3. The third kappa shape index (κ3) is 4.49. The van der Waals surface area contributed by atoms with E-state index in [1.54, 1.807) is 0 Å². The summed E-state index contributed by atoms with van der Waals surface area (Å²) in [4.78, 5) is 12.7. The number of rotatable bonds is 7. The molecule has 3 nitrogen and oxygen atoms in total. The second kappa shape index (κ2) is 8.82. The highest BCUT2D eigenvalue weighted by molar-refractivity contribution is 5.74. The van der Waals surface area contributed by atoms with Crippen molar-refractivity contribution in [3.63, 3.8) is 0 Å². The lowest BCUT2D eigenvalue weighted by Gasteiger charge is -2.36. The Hall–Kier alpha value is -2.13. The summed E-state index contributed by atoms with van der Waals surface area (Å²) in [7, 11) is 0. The number of carbonyl (C=O) groups is 1. The summed E-state index contributed by atoms with van der Waals surface area (Å²) in [6.45, 7) is 2.19. The molecule has 0 radical (unpaired) electrons. The van der Waals surface area contributed by atoms with Gasteiger partial charge in [-0.2, -0.15) is 0 Å². The Balaban J connectivity index is 1.79. The van der Waals surface area contributed by atoms with E-state index in [0.29, 0.717) is 0 Å². The number of hydrogen-bond donors (Lipinski definition) is 0. The molecule has 1 aliphatic rings. The van der Waals surface area contributed by atoms with E-state index in [1.807, 2.05) is 60.7 Å². The van der Waals surface area contributed by atoms with Crippen LogP contribution < -0.4 is 0 Å². The molecule has 2 aromatic carbocycles. The number of carbonyl (C=O) groups excluding carboxylic acids is 1. The molecule has 0 aromatic heterocycles. The lowest BCUT2D eigenvalue weighted by Crippen LogP contribution is -2.35.